The van der Waals surface area contributed by atoms with Crippen LogP contribution < -0.4 is 16.8 Å². The summed E-state index contributed by atoms with van der Waals surface area (Å²) < 4.78 is 5.27. The first-order valence-corrected chi connectivity index (χ1v) is 7.53. The highest BCUT2D eigenvalue weighted by molar-refractivity contribution is 6.08. The van der Waals surface area contributed by atoms with Crippen molar-refractivity contribution in [1.29, 1.82) is 0 Å². The lowest BCUT2D eigenvalue weighted by atomic mass is 9.91. The van der Waals surface area contributed by atoms with Crippen molar-refractivity contribution < 1.29 is 19.1 Å². The molecule has 22 heavy (non-hydrogen) atoms. The van der Waals surface area contributed by atoms with E-state index in [0.29, 0.717) is 32.2 Å². The molecular formula is C15H26N3O4. The first-order chi connectivity index (χ1) is 10.1. The van der Waals surface area contributed by atoms with Crippen LogP contribution in [0.4, 0.5) is 0 Å². The molecule has 0 heterocycles. The third-order valence-corrected chi connectivity index (χ3v) is 3.49. The molecule has 125 valence electrons. The van der Waals surface area contributed by atoms with Gasteiger partial charge in [0.2, 0.25) is 6.29 Å². The maximum absolute atomic E-state index is 12.5. The zero-order valence-electron chi connectivity index (χ0n) is 13.5. The van der Waals surface area contributed by atoms with Crippen LogP contribution >= 0.6 is 0 Å². The van der Waals surface area contributed by atoms with Crippen LogP contribution in [0, 0.1) is 0 Å². The Morgan fingerprint density at radius 3 is 2.27 bits per heavy atom. The summed E-state index contributed by atoms with van der Waals surface area (Å²) in [5.74, 6) is -1.49. The van der Waals surface area contributed by atoms with Crippen LogP contribution in [0.15, 0.2) is 0 Å². The molecule has 0 bridgehead atoms. The Balaban J connectivity index is 2.87. The fraction of sp³-hybridized carbons (Fsp3) is 0.800. The molecule has 0 spiro atoms. The number of unbranched alkanes of at least 4 members (excludes halogenated alkanes) is 1. The van der Waals surface area contributed by atoms with E-state index in [9.17, 15) is 14.4 Å². The molecule has 1 amide bonds. The summed E-state index contributed by atoms with van der Waals surface area (Å²) >= 11 is 0. The van der Waals surface area contributed by atoms with Crippen LogP contribution in [0.5, 0.6) is 0 Å². The molecule has 0 aromatic heterocycles. The number of rotatable bonds is 8. The van der Waals surface area contributed by atoms with Gasteiger partial charge in [-0.3, -0.25) is 9.59 Å². The molecule has 7 heteroatoms. The Kier molecular flexibility index (Phi) is 5.70. The Morgan fingerprint density at radius 1 is 1.27 bits per heavy atom. The predicted octanol–water partition coefficient (Wildman–Crippen LogP) is -0.0869. The summed E-state index contributed by atoms with van der Waals surface area (Å²) in [6.07, 6.45) is 4.08. The number of nitrogens with two attached hydrogens (primary N) is 2. The minimum Gasteiger partial charge on any atom is -0.458 e. The van der Waals surface area contributed by atoms with E-state index in [1.165, 1.54) is 0 Å². The molecule has 1 fully saturated rings. The lowest BCUT2D eigenvalue weighted by Gasteiger charge is -2.31. The van der Waals surface area contributed by atoms with Gasteiger partial charge in [-0.25, -0.2) is 4.79 Å². The summed E-state index contributed by atoms with van der Waals surface area (Å²) in [4.78, 5) is 35.7. The van der Waals surface area contributed by atoms with Gasteiger partial charge in [0.1, 0.15) is 11.1 Å². The Hall–Kier alpha value is -1.47. The fourth-order valence-corrected chi connectivity index (χ4v) is 1.93. The third kappa shape index (κ3) is 4.78. The second-order valence-corrected chi connectivity index (χ2v) is 6.86. The van der Waals surface area contributed by atoms with Crippen LogP contribution in [-0.2, 0) is 19.1 Å². The largest absolute Gasteiger partial charge is 0.458 e. The lowest BCUT2D eigenvalue weighted by molar-refractivity contribution is -0.165. The van der Waals surface area contributed by atoms with Crippen LogP contribution in [0.3, 0.4) is 0 Å². The predicted molar refractivity (Wildman–Crippen MR) is 81.5 cm³/mol. The normalized spacial score (nSPS) is 19.0. The quantitative estimate of drug-likeness (QED) is 0.327. The zero-order chi connectivity index (χ0) is 17.0. The lowest BCUT2D eigenvalue weighted by Crippen LogP contribution is -2.63. The number of amides is 1. The van der Waals surface area contributed by atoms with Gasteiger partial charge in [0.15, 0.2) is 5.54 Å². The van der Waals surface area contributed by atoms with Gasteiger partial charge in [0.25, 0.3) is 5.91 Å². The second-order valence-electron chi connectivity index (χ2n) is 6.86. The summed E-state index contributed by atoms with van der Waals surface area (Å²) in [5, 5.41) is 2.53. The molecule has 1 aliphatic rings. The molecule has 1 rings (SSSR count). The molecule has 0 aromatic rings. The standard InChI is InChI=1S/C15H26N3O4/c1-13(2,3)22-12(21)15(17,6-4-5-9-16)11(20)18-14(10-19)7-8-14/h4-9,16-17H2,1-3H3,(H,18,20)/t15-/m0/s1. The van der Waals surface area contributed by atoms with E-state index in [-0.39, 0.29) is 6.42 Å². The van der Waals surface area contributed by atoms with Crippen LogP contribution in [0.1, 0.15) is 52.9 Å². The summed E-state index contributed by atoms with van der Waals surface area (Å²) in [6.45, 7) is 5.54. The summed E-state index contributed by atoms with van der Waals surface area (Å²) in [6, 6.07) is 0. The molecular weight excluding hydrogens is 286 g/mol. The number of carbonyl (C=O) groups excluding carboxylic acids is 3. The molecule has 0 unspecified atom stereocenters. The zero-order valence-corrected chi connectivity index (χ0v) is 13.5. The van der Waals surface area contributed by atoms with Crippen LogP contribution in [0.25, 0.3) is 0 Å². The van der Waals surface area contributed by atoms with Crippen molar-refractivity contribution in [2.75, 3.05) is 6.54 Å². The van der Waals surface area contributed by atoms with Crippen molar-refractivity contribution in [1.82, 2.24) is 5.32 Å². The fourth-order valence-electron chi connectivity index (χ4n) is 1.93. The van der Waals surface area contributed by atoms with E-state index in [0.717, 1.165) is 0 Å². The summed E-state index contributed by atoms with van der Waals surface area (Å²) in [7, 11) is 0. The molecule has 0 aromatic carbocycles. The molecule has 7 nitrogen and oxygen atoms in total. The average molecular weight is 312 g/mol. The molecule has 1 radical (unpaired) electrons. The van der Waals surface area contributed by atoms with Crippen molar-refractivity contribution in [3.63, 3.8) is 0 Å². The van der Waals surface area contributed by atoms with E-state index < -0.39 is 28.6 Å². The Labute approximate surface area is 131 Å². The number of esters is 1. The molecule has 5 N–H and O–H groups in total. The number of ether oxygens (including phenoxy) is 1. The molecule has 1 aliphatic carbocycles. The first kappa shape index (κ1) is 18.6. The number of hydrogen-bond acceptors (Lipinski definition) is 6. The Bertz CT molecular complexity index is 441. The molecule has 0 saturated heterocycles. The SMILES string of the molecule is CC(C)(C)OC(=O)[C@](N)(CCCCN)C(=O)NC1([C]=O)CC1. The van der Waals surface area contributed by atoms with Crippen molar-refractivity contribution in [3.8, 4) is 0 Å². The van der Waals surface area contributed by atoms with Gasteiger partial charge in [-0.1, -0.05) is 0 Å². The van der Waals surface area contributed by atoms with Gasteiger partial charge < -0.3 is 21.5 Å². The highest BCUT2D eigenvalue weighted by Crippen LogP contribution is 2.33. The van der Waals surface area contributed by atoms with Crippen LogP contribution in [0.2, 0.25) is 0 Å². The maximum Gasteiger partial charge on any atom is 0.336 e. The van der Waals surface area contributed by atoms with Crippen molar-refractivity contribution in [2.24, 2.45) is 11.5 Å². The second kappa shape index (κ2) is 6.75. The van der Waals surface area contributed by atoms with E-state index in [1.807, 2.05) is 0 Å². The number of carbonyl (C=O) groups is 2. The van der Waals surface area contributed by atoms with E-state index in [2.05, 4.69) is 5.32 Å². The average Bonchev–Trinajstić information content (AvgIpc) is 3.17. The van der Waals surface area contributed by atoms with Gasteiger partial charge >= 0.3 is 5.97 Å². The van der Waals surface area contributed by atoms with E-state index in [4.69, 9.17) is 16.2 Å². The topological polar surface area (TPSA) is 125 Å². The van der Waals surface area contributed by atoms with Gasteiger partial charge in [-0.15, -0.1) is 0 Å². The van der Waals surface area contributed by atoms with Crippen molar-refractivity contribution in [3.05, 3.63) is 0 Å². The van der Waals surface area contributed by atoms with E-state index in [1.54, 1.807) is 27.1 Å². The first-order valence-electron chi connectivity index (χ1n) is 7.53. The molecule has 1 atom stereocenters. The highest BCUT2D eigenvalue weighted by atomic mass is 16.6. The molecule has 1 saturated carbocycles. The van der Waals surface area contributed by atoms with Crippen molar-refractivity contribution >= 4 is 18.2 Å². The van der Waals surface area contributed by atoms with Gasteiger partial charge in [0, 0.05) is 0 Å². The Morgan fingerprint density at radius 2 is 1.86 bits per heavy atom. The molecule has 0 aliphatic heterocycles. The van der Waals surface area contributed by atoms with Gasteiger partial charge in [0.05, 0.1) is 0 Å². The summed E-state index contributed by atoms with van der Waals surface area (Å²) in [5.41, 5.74) is 7.93. The number of nitrogens with one attached hydrogen (secondary N) is 1. The van der Waals surface area contributed by atoms with Crippen molar-refractivity contribution in [2.45, 2.75) is 69.6 Å². The minimum absolute atomic E-state index is 0.111. The minimum atomic E-state index is -1.82. The number of hydrogen-bond donors (Lipinski definition) is 3. The maximum atomic E-state index is 12.5. The third-order valence-electron chi connectivity index (χ3n) is 3.49. The van der Waals surface area contributed by atoms with Gasteiger partial charge in [-0.05, 0) is 59.4 Å². The monoisotopic (exact) mass is 312 g/mol. The van der Waals surface area contributed by atoms with Crippen LogP contribution in [-0.4, -0.2) is 41.4 Å². The highest BCUT2D eigenvalue weighted by Gasteiger charge is 2.51. The van der Waals surface area contributed by atoms with Gasteiger partial charge in [-0.2, -0.15) is 0 Å². The van der Waals surface area contributed by atoms with E-state index >= 15 is 0 Å². The smallest absolute Gasteiger partial charge is 0.336 e.